The molecule has 8 nitrogen and oxygen atoms in total. The van der Waals surface area contributed by atoms with Gasteiger partial charge in [-0.1, -0.05) is 23.4 Å². The van der Waals surface area contributed by atoms with E-state index in [0.29, 0.717) is 49.9 Å². The van der Waals surface area contributed by atoms with E-state index in [9.17, 15) is 9.59 Å². The van der Waals surface area contributed by atoms with Crippen LogP contribution in [0.5, 0.6) is 0 Å². The summed E-state index contributed by atoms with van der Waals surface area (Å²) in [7, 11) is 0. The van der Waals surface area contributed by atoms with Crippen molar-refractivity contribution in [2.45, 2.75) is 31.9 Å². The number of likely N-dealkylation sites (tertiary alicyclic amines) is 1. The number of hydrogen-bond acceptors (Lipinski definition) is 7. The average Bonchev–Trinajstić information content (AvgIpc) is 3.12. The largest absolute Gasteiger partial charge is 0.432 e. The number of anilines is 1. The Bertz CT molecular complexity index is 796. The first-order valence-electron chi connectivity index (χ1n) is 8.21. The summed E-state index contributed by atoms with van der Waals surface area (Å²) in [6, 6.07) is 8.87. The van der Waals surface area contributed by atoms with Gasteiger partial charge in [0.05, 0.1) is 12.2 Å². The van der Waals surface area contributed by atoms with E-state index < -0.39 is 11.7 Å². The van der Waals surface area contributed by atoms with Crippen LogP contribution in [0.25, 0.3) is 0 Å². The number of benzene rings is 1. The topological polar surface area (TPSA) is 88.8 Å². The lowest BCUT2D eigenvalue weighted by Crippen LogP contribution is -2.50. The molecule has 1 aromatic carbocycles. The Morgan fingerprint density at radius 3 is 2.52 bits per heavy atom. The van der Waals surface area contributed by atoms with Gasteiger partial charge in [0.1, 0.15) is 0 Å². The Balaban J connectivity index is 1.45. The van der Waals surface area contributed by atoms with Crippen molar-refractivity contribution in [2.24, 2.45) is 0 Å². The van der Waals surface area contributed by atoms with Crippen molar-refractivity contribution in [3.05, 3.63) is 42.0 Å². The first kappa shape index (κ1) is 15.8. The fraction of sp³-hybridized carbons (Fsp3) is 0.412. The number of rotatable bonds is 3. The van der Waals surface area contributed by atoms with Crippen LogP contribution in [-0.4, -0.2) is 45.7 Å². The molecule has 2 fully saturated rings. The molecule has 2 aromatic rings. The SMILES string of the molecule is Cc1noc(CN2CCC3(CC2)OC(=O)N(c2ccccc2)C3=O)n1. The van der Waals surface area contributed by atoms with E-state index in [1.54, 1.807) is 31.2 Å². The van der Waals surface area contributed by atoms with Crippen LogP contribution in [0.4, 0.5) is 10.5 Å². The van der Waals surface area contributed by atoms with Crippen molar-refractivity contribution in [1.29, 1.82) is 0 Å². The van der Waals surface area contributed by atoms with Gasteiger partial charge in [-0.25, -0.2) is 9.69 Å². The maximum atomic E-state index is 12.9. The number of aryl methyl sites for hydroxylation is 1. The first-order chi connectivity index (χ1) is 12.1. The van der Waals surface area contributed by atoms with Gasteiger partial charge in [-0.3, -0.25) is 9.69 Å². The molecule has 0 aliphatic carbocycles. The highest BCUT2D eigenvalue weighted by Gasteiger charge is 2.55. The highest BCUT2D eigenvalue weighted by Crippen LogP contribution is 2.37. The van der Waals surface area contributed by atoms with Crippen molar-refractivity contribution in [3.63, 3.8) is 0 Å². The smallest absolute Gasteiger partial charge is 0.422 e. The minimum Gasteiger partial charge on any atom is -0.432 e. The lowest BCUT2D eigenvalue weighted by atomic mass is 9.90. The van der Waals surface area contributed by atoms with Gasteiger partial charge < -0.3 is 9.26 Å². The Labute approximate surface area is 144 Å². The van der Waals surface area contributed by atoms with Gasteiger partial charge in [-0.05, 0) is 19.1 Å². The molecular weight excluding hydrogens is 324 g/mol. The second-order valence-electron chi connectivity index (χ2n) is 6.35. The number of piperidine rings is 1. The fourth-order valence-corrected chi connectivity index (χ4v) is 3.33. The summed E-state index contributed by atoms with van der Waals surface area (Å²) >= 11 is 0. The number of aromatic nitrogens is 2. The molecule has 0 atom stereocenters. The van der Waals surface area contributed by atoms with E-state index in [1.807, 2.05) is 6.07 Å². The van der Waals surface area contributed by atoms with E-state index in [2.05, 4.69) is 15.0 Å². The van der Waals surface area contributed by atoms with Gasteiger partial charge in [-0.2, -0.15) is 4.98 Å². The number of carbonyl (C=O) groups is 2. The summed E-state index contributed by atoms with van der Waals surface area (Å²) in [5, 5.41) is 3.78. The third-order valence-corrected chi connectivity index (χ3v) is 4.66. The summed E-state index contributed by atoms with van der Waals surface area (Å²) in [6.07, 6.45) is 0.305. The quantitative estimate of drug-likeness (QED) is 0.841. The molecular formula is C17H18N4O4. The second kappa shape index (κ2) is 5.96. The highest BCUT2D eigenvalue weighted by atomic mass is 16.6. The molecule has 130 valence electrons. The molecule has 0 unspecified atom stereocenters. The number of para-hydroxylation sites is 1. The van der Waals surface area contributed by atoms with Crippen LogP contribution >= 0.6 is 0 Å². The van der Waals surface area contributed by atoms with Crippen molar-refractivity contribution >= 4 is 17.7 Å². The monoisotopic (exact) mass is 342 g/mol. The molecule has 3 heterocycles. The molecule has 2 amide bonds. The maximum absolute atomic E-state index is 12.9. The van der Waals surface area contributed by atoms with Crippen LogP contribution in [0.1, 0.15) is 24.6 Å². The van der Waals surface area contributed by atoms with Gasteiger partial charge in [0.25, 0.3) is 5.91 Å². The number of imide groups is 1. The van der Waals surface area contributed by atoms with Crippen LogP contribution < -0.4 is 4.90 Å². The molecule has 2 saturated heterocycles. The summed E-state index contributed by atoms with van der Waals surface area (Å²) in [5.74, 6) is 0.868. The third kappa shape index (κ3) is 2.78. The molecule has 8 heteroatoms. The zero-order chi connectivity index (χ0) is 17.4. The predicted octanol–water partition coefficient (Wildman–Crippen LogP) is 1.90. The number of amides is 2. The van der Waals surface area contributed by atoms with Crippen molar-refractivity contribution in [1.82, 2.24) is 15.0 Å². The molecule has 25 heavy (non-hydrogen) atoms. The van der Waals surface area contributed by atoms with Gasteiger partial charge in [0, 0.05) is 25.9 Å². The third-order valence-electron chi connectivity index (χ3n) is 4.66. The zero-order valence-corrected chi connectivity index (χ0v) is 13.8. The zero-order valence-electron chi connectivity index (χ0n) is 13.8. The molecule has 1 aromatic heterocycles. The Hall–Kier alpha value is -2.74. The first-order valence-corrected chi connectivity index (χ1v) is 8.21. The van der Waals surface area contributed by atoms with E-state index in [0.717, 1.165) is 4.90 Å². The van der Waals surface area contributed by atoms with Crippen molar-refractivity contribution < 1.29 is 18.8 Å². The Morgan fingerprint density at radius 2 is 1.88 bits per heavy atom. The second-order valence-corrected chi connectivity index (χ2v) is 6.35. The Morgan fingerprint density at radius 1 is 1.16 bits per heavy atom. The van der Waals surface area contributed by atoms with Crippen LogP contribution in [0.3, 0.4) is 0 Å². The van der Waals surface area contributed by atoms with E-state index in [-0.39, 0.29) is 5.91 Å². The van der Waals surface area contributed by atoms with E-state index in [4.69, 9.17) is 9.26 Å². The van der Waals surface area contributed by atoms with Crippen LogP contribution in [0.2, 0.25) is 0 Å². The summed E-state index contributed by atoms with van der Waals surface area (Å²) in [5.41, 5.74) is -0.521. The van der Waals surface area contributed by atoms with Crippen LogP contribution in [0, 0.1) is 6.92 Å². The Kier molecular flexibility index (Phi) is 3.76. The van der Waals surface area contributed by atoms with Gasteiger partial charge >= 0.3 is 6.09 Å². The van der Waals surface area contributed by atoms with Gasteiger partial charge in [0.2, 0.25) is 5.89 Å². The molecule has 0 saturated carbocycles. The average molecular weight is 342 g/mol. The standard InChI is InChI=1S/C17H18N4O4/c1-12-18-14(25-19-12)11-20-9-7-17(8-10-20)15(22)21(16(23)24-17)13-5-3-2-4-6-13/h2-6H,7-11H2,1H3. The minimum atomic E-state index is -1.06. The molecule has 0 N–H and O–H groups in total. The van der Waals surface area contributed by atoms with E-state index in [1.165, 1.54) is 0 Å². The number of hydrogen-bond donors (Lipinski definition) is 0. The lowest BCUT2D eigenvalue weighted by Gasteiger charge is -2.35. The minimum absolute atomic E-state index is 0.281. The number of nitrogens with zero attached hydrogens (tertiary/aromatic N) is 4. The molecule has 4 rings (SSSR count). The van der Waals surface area contributed by atoms with Gasteiger partial charge in [-0.15, -0.1) is 0 Å². The summed E-state index contributed by atoms with van der Waals surface area (Å²) in [6.45, 7) is 3.53. The van der Waals surface area contributed by atoms with Crippen molar-refractivity contribution in [2.75, 3.05) is 18.0 Å². The van der Waals surface area contributed by atoms with Crippen LogP contribution in [0.15, 0.2) is 34.9 Å². The highest BCUT2D eigenvalue weighted by molar-refractivity contribution is 6.20. The summed E-state index contributed by atoms with van der Waals surface area (Å²) < 4.78 is 10.7. The van der Waals surface area contributed by atoms with E-state index >= 15 is 0 Å². The molecule has 0 radical (unpaired) electrons. The maximum Gasteiger partial charge on any atom is 0.422 e. The van der Waals surface area contributed by atoms with Crippen LogP contribution in [-0.2, 0) is 16.1 Å². The summed E-state index contributed by atoms with van der Waals surface area (Å²) in [4.78, 5) is 32.6. The lowest BCUT2D eigenvalue weighted by molar-refractivity contribution is -0.134. The molecule has 1 spiro atoms. The fourth-order valence-electron chi connectivity index (χ4n) is 3.33. The normalized spacial score (nSPS) is 20.3. The van der Waals surface area contributed by atoms with Gasteiger partial charge in [0.15, 0.2) is 11.4 Å². The number of ether oxygens (including phenoxy) is 1. The van der Waals surface area contributed by atoms with Crippen molar-refractivity contribution in [3.8, 4) is 0 Å². The molecule has 2 aliphatic heterocycles. The predicted molar refractivity (Wildman–Crippen MR) is 86.7 cm³/mol. The number of carbonyl (C=O) groups excluding carboxylic acids is 2. The molecule has 2 aliphatic rings. The molecule has 0 bridgehead atoms.